The highest BCUT2D eigenvalue weighted by Crippen LogP contribution is 2.20. The van der Waals surface area contributed by atoms with Crippen molar-refractivity contribution in [3.8, 4) is 0 Å². The number of carbonyl (C=O) groups is 2. The molecule has 1 atom stereocenters. The van der Waals surface area contributed by atoms with Crippen molar-refractivity contribution in [2.75, 3.05) is 52.6 Å². The van der Waals surface area contributed by atoms with Gasteiger partial charge in [0, 0.05) is 51.5 Å². The molecule has 0 saturated carbocycles. The number of hydrogen-bond donors (Lipinski definition) is 2. The molecule has 26 heavy (non-hydrogen) atoms. The number of carbonyl (C=O) groups excluding carboxylic acids is 1. The quantitative estimate of drug-likeness (QED) is 0.681. The largest absolute Gasteiger partial charge is 0.483 e. The lowest BCUT2D eigenvalue weighted by Crippen LogP contribution is -2.54. The third kappa shape index (κ3) is 6.50. The van der Waals surface area contributed by atoms with E-state index in [4.69, 9.17) is 19.4 Å². The van der Waals surface area contributed by atoms with Crippen molar-refractivity contribution in [2.24, 2.45) is 0 Å². The van der Waals surface area contributed by atoms with Crippen LogP contribution in [0.15, 0.2) is 0 Å². The predicted molar refractivity (Wildman–Crippen MR) is 97.1 cm³/mol. The lowest BCUT2D eigenvalue weighted by atomic mass is 9.99. The Morgan fingerprint density at radius 1 is 1.04 bits per heavy atom. The van der Waals surface area contributed by atoms with Crippen LogP contribution >= 0.6 is 0 Å². The second-order valence-electron chi connectivity index (χ2n) is 7.09. The van der Waals surface area contributed by atoms with E-state index in [0.29, 0.717) is 12.1 Å². The number of likely N-dealkylation sites (tertiary alicyclic amines) is 1. The molecule has 3 rings (SSSR count). The number of morpholine rings is 1. The smallest absolute Gasteiger partial charge is 0.290 e. The Hall–Kier alpha value is -1.22. The van der Waals surface area contributed by atoms with E-state index >= 15 is 0 Å². The lowest BCUT2D eigenvalue weighted by Gasteiger charge is -2.40. The Morgan fingerprint density at radius 3 is 2.15 bits per heavy atom. The molecule has 3 heterocycles. The fourth-order valence-electron chi connectivity index (χ4n) is 3.91. The minimum Gasteiger partial charge on any atom is -0.483 e. The standard InChI is InChI=1S/C17H31N3O3.CH2O2/c1-14(19-8-12-23-13-9-19)17(21)18-15-2-6-20(7-3-15)16-4-10-22-11-5-16;2-1-3/h14-16H,2-13H2,1H3,(H,18,21);1H,(H,2,3). The SMILES string of the molecule is CC(C(=O)NC1CCN(C2CCOCC2)CC1)N1CCOCC1.O=CO. The molecule has 3 aliphatic rings. The zero-order chi connectivity index (χ0) is 18.8. The van der Waals surface area contributed by atoms with E-state index < -0.39 is 0 Å². The zero-order valence-corrected chi connectivity index (χ0v) is 15.8. The van der Waals surface area contributed by atoms with Crippen molar-refractivity contribution in [1.29, 1.82) is 0 Å². The molecular formula is C18H33N3O5. The van der Waals surface area contributed by atoms with Crippen molar-refractivity contribution < 1.29 is 24.2 Å². The van der Waals surface area contributed by atoms with E-state index in [9.17, 15) is 4.79 Å². The summed E-state index contributed by atoms with van der Waals surface area (Å²) >= 11 is 0. The third-order valence-corrected chi connectivity index (χ3v) is 5.56. The average molecular weight is 371 g/mol. The predicted octanol–water partition coefficient (Wildman–Crippen LogP) is 0.168. The fourth-order valence-corrected chi connectivity index (χ4v) is 3.91. The summed E-state index contributed by atoms with van der Waals surface area (Å²) in [4.78, 5) is 25.6. The van der Waals surface area contributed by atoms with E-state index in [1.165, 1.54) is 0 Å². The second kappa shape index (κ2) is 11.5. The first-order chi connectivity index (χ1) is 12.7. The van der Waals surface area contributed by atoms with Crippen LogP contribution in [0.25, 0.3) is 0 Å². The topological polar surface area (TPSA) is 91.3 Å². The maximum absolute atomic E-state index is 12.5. The summed E-state index contributed by atoms with van der Waals surface area (Å²) < 4.78 is 10.8. The van der Waals surface area contributed by atoms with Gasteiger partial charge in [-0.1, -0.05) is 0 Å². The molecule has 8 heteroatoms. The Balaban J connectivity index is 0.000000758. The molecule has 8 nitrogen and oxygen atoms in total. The van der Waals surface area contributed by atoms with Crippen molar-refractivity contribution in [2.45, 2.75) is 50.7 Å². The normalized spacial score (nSPS) is 25.0. The summed E-state index contributed by atoms with van der Waals surface area (Å²) in [5.74, 6) is 0.177. The zero-order valence-electron chi connectivity index (χ0n) is 15.8. The molecule has 2 N–H and O–H groups in total. The van der Waals surface area contributed by atoms with Crippen LogP contribution in [-0.2, 0) is 19.1 Å². The van der Waals surface area contributed by atoms with Crippen LogP contribution in [0.1, 0.15) is 32.6 Å². The van der Waals surface area contributed by atoms with Crippen LogP contribution in [0.2, 0.25) is 0 Å². The van der Waals surface area contributed by atoms with Crippen LogP contribution in [0.3, 0.4) is 0 Å². The number of hydrogen-bond acceptors (Lipinski definition) is 6. The van der Waals surface area contributed by atoms with Crippen molar-refractivity contribution in [1.82, 2.24) is 15.1 Å². The van der Waals surface area contributed by atoms with E-state index in [1.807, 2.05) is 6.92 Å². The third-order valence-electron chi connectivity index (χ3n) is 5.56. The number of ether oxygens (including phenoxy) is 2. The van der Waals surface area contributed by atoms with Crippen molar-refractivity contribution in [3.63, 3.8) is 0 Å². The van der Waals surface area contributed by atoms with Gasteiger partial charge in [-0.3, -0.25) is 14.5 Å². The number of piperidine rings is 1. The number of amides is 1. The van der Waals surface area contributed by atoms with Gasteiger partial charge in [-0.25, -0.2) is 0 Å². The molecule has 3 fully saturated rings. The lowest BCUT2D eigenvalue weighted by molar-refractivity contribution is -0.128. The maximum Gasteiger partial charge on any atom is 0.290 e. The van der Waals surface area contributed by atoms with Gasteiger partial charge in [0.05, 0.1) is 19.3 Å². The molecule has 0 radical (unpaired) electrons. The summed E-state index contributed by atoms with van der Waals surface area (Å²) in [7, 11) is 0. The van der Waals surface area contributed by atoms with Gasteiger partial charge in [-0.05, 0) is 32.6 Å². The molecule has 0 spiro atoms. The maximum atomic E-state index is 12.5. The van der Waals surface area contributed by atoms with Gasteiger partial charge in [0.15, 0.2) is 0 Å². The monoisotopic (exact) mass is 371 g/mol. The van der Waals surface area contributed by atoms with Crippen LogP contribution in [0.5, 0.6) is 0 Å². The van der Waals surface area contributed by atoms with Gasteiger partial charge in [0.25, 0.3) is 6.47 Å². The van der Waals surface area contributed by atoms with Crippen LogP contribution in [0, 0.1) is 0 Å². The van der Waals surface area contributed by atoms with E-state index in [1.54, 1.807) is 0 Å². The Labute approximate surface area is 155 Å². The fraction of sp³-hybridized carbons (Fsp3) is 0.889. The van der Waals surface area contributed by atoms with Gasteiger partial charge in [0.1, 0.15) is 0 Å². The Kier molecular flexibility index (Phi) is 9.31. The summed E-state index contributed by atoms with van der Waals surface area (Å²) in [5, 5.41) is 10.2. The van der Waals surface area contributed by atoms with Gasteiger partial charge in [-0.2, -0.15) is 0 Å². The van der Waals surface area contributed by atoms with Crippen molar-refractivity contribution in [3.05, 3.63) is 0 Å². The van der Waals surface area contributed by atoms with Crippen molar-refractivity contribution >= 4 is 12.4 Å². The first-order valence-electron chi connectivity index (χ1n) is 9.67. The first kappa shape index (κ1) is 21.1. The van der Waals surface area contributed by atoms with Gasteiger partial charge in [0.2, 0.25) is 5.91 Å². The van der Waals surface area contributed by atoms with Crippen LogP contribution in [-0.4, -0.2) is 98.0 Å². The van der Waals surface area contributed by atoms with E-state index in [2.05, 4.69) is 15.1 Å². The number of nitrogens with zero attached hydrogens (tertiary/aromatic N) is 2. The molecule has 3 aliphatic heterocycles. The minimum atomic E-state index is -0.250. The summed E-state index contributed by atoms with van der Waals surface area (Å²) in [5.41, 5.74) is 0. The summed E-state index contributed by atoms with van der Waals surface area (Å²) in [6.45, 7) is 8.95. The van der Waals surface area contributed by atoms with Gasteiger partial charge in [-0.15, -0.1) is 0 Å². The van der Waals surface area contributed by atoms with E-state index in [-0.39, 0.29) is 18.4 Å². The Morgan fingerprint density at radius 2 is 1.58 bits per heavy atom. The molecule has 1 unspecified atom stereocenters. The number of rotatable bonds is 4. The Bertz CT molecular complexity index is 417. The molecule has 0 aromatic heterocycles. The number of carboxylic acid groups (broad SMARTS) is 1. The highest BCUT2D eigenvalue weighted by molar-refractivity contribution is 5.81. The molecule has 0 aliphatic carbocycles. The average Bonchev–Trinajstić information content (AvgIpc) is 2.70. The highest BCUT2D eigenvalue weighted by atomic mass is 16.5. The van der Waals surface area contributed by atoms with Crippen LogP contribution in [0.4, 0.5) is 0 Å². The summed E-state index contributed by atoms with van der Waals surface area (Å²) in [6.07, 6.45) is 4.45. The molecule has 0 aromatic carbocycles. The summed E-state index contributed by atoms with van der Waals surface area (Å²) in [6, 6.07) is 0.974. The second-order valence-corrected chi connectivity index (χ2v) is 7.09. The van der Waals surface area contributed by atoms with Crippen LogP contribution < -0.4 is 5.32 Å². The molecule has 1 amide bonds. The van der Waals surface area contributed by atoms with Gasteiger partial charge < -0.3 is 24.8 Å². The molecule has 0 bridgehead atoms. The number of nitrogens with one attached hydrogen (secondary N) is 1. The first-order valence-corrected chi connectivity index (χ1v) is 9.67. The molecule has 0 aromatic rings. The molecule has 3 saturated heterocycles. The molecular weight excluding hydrogens is 338 g/mol. The molecule has 150 valence electrons. The highest BCUT2D eigenvalue weighted by Gasteiger charge is 2.29. The van der Waals surface area contributed by atoms with Gasteiger partial charge >= 0.3 is 0 Å². The van der Waals surface area contributed by atoms with E-state index in [0.717, 1.165) is 78.3 Å². The minimum absolute atomic E-state index is 0.0487.